The Labute approximate surface area is 154 Å². The summed E-state index contributed by atoms with van der Waals surface area (Å²) < 4.78 is 31.4. The summed E-state index contributed by atoms with van der Waals surface area (Å²) in [7, 11) is 0. The van der Waals surface area contributed by atoms with E-state index in [4.69, 9.17) is 0 Å². The maximum absolute atomic E-state index is 15.3. The predicted molar refractivity (Wildman–Crippen MR) is 99.6 cm³/mol. The fourth-order valence-corrected chi connectivity index (χ4v) is 3.50. The Bertz CT molecular complexity index is 963. The molecule has 1 aliphatic heterocycles. The highest BCUT2D eigenvalue weighted by molar-refractivity contribution is 5.93. The van der Waals surface area contributed by atoms with Crippen molar-refractivity contribution in [1.82, 2.24) is 9.47 Å². The number of piperazine rings is 1. The highest BCUT2D eigenvalue weighted by atomic mass is 19.1. The van der Waals surface area contributed by atoms with Crippen LogP contribution in [0.3, 0.4) is 0 Å². The molecule has 144 valence electrons. The first kappa shape index (κ1) is 19.0. The summed E-state index contributed by atoms with van der Waals surface area (Å²) in [6.07, 6.45) is 2.90. The highest BCUT2D eigenvalue weighted by Gasteiger charge is 2.26. The third kappa shape index (κ3) is 3.32. The number of pyridine rings is 1. The van der Waals surface area contributed by atoms with E-state index < -0.39 is 28.6 Å². The van der Waals surface area contributed by atoms with Crippen LogP contribution in [0.4, 0.5) is 14.5 Å². The molecule has 3 rings (SSSR count). The molecule has 0 atom stereocenters. The average molecular weight is 377 g/mol. The molecule has 27 heavy (non-hydrogen) atoms. The van der Waals surface area contributed by atoms with E-state index in [1.807, 2.05) is 0 Å². The Hall–Kier alpha value is -2.74. The molecule has 2 heterocycles. The maximum Gasteiger partial charge on any atom is 0.341 e. The third-order valence-electron chi connectivity index (χ3n) is 4.88. The highest BCUT2D eigenvalue weighted by Crippen LogP contribution is 2.30. The van der Waals surface area contributed by atoms with Crippen molar-refractivity contribution in [2.75, 3.05) is 37.6 Å². The molecule has 1 saturated heterocycles. The van der Waals surface area contributed by atoms with Gasteiger partial charge >= 0.3 is 5.97 Å². The molecule has 0 radical (unpaired) electrons. The van der Waals surface area contributed by atoms with E-state index in [0.717, 1.165) is 12.3 Å². The lowest BCUT2D eigenvalue weighted by molar-refractivity contribution is 0.0695. The lowest BCUT2D eigenvalue weighted by Gasteiger charge is -2.36. The van der Waals surface area contributed by atoms with Gasteiger partial charge in [0.1, 0.15) is 17.1 Å². The average Bonchev–Trinajstić information content (AvgIpc) is 2.64. The Kier molecular flexibility index (Phi) is 5.27. The Balaban J connectivity index is 2.14. The molecule has 0 spiro atoms. The van der Waals surface area contributed by atoms with Gasteiger partial charge in [-0.25, -0.2) is 13.6 Å². The van der Waals surface area contributed by atoms with E-state index in [9.17, 15) is 19.1 Å². The molecule has 0 unspecified atom stereocenters. The van der Waals surface area contributed by atoms with Crippen LogP contribution >= 0.6 is 0 Å². The fraction of sp³-hybridized carbons (Fsp3) is 0.368. The van der Waals surface area contributed by atoms with E-state index in [0.29, 0.717) is 32.7 Å². The van der Waals surface area contributed by atoms with Crippen LogP contribution in [-0.4, -0.2) is 53.3 Å². The van der Waals surface area contributed by atoms with Gasteiger partial charge in [-0.1, -0.05) is 6.08 Å². The summed E-state index contributed by atoms with van der Waals surface area (Å²) in [6.45, 7) is 8.51. The zero-order valence-corrected chi connectivity index (χ0v) is 15.0. The Morgan fingerprint density at radius 2 is 1.96 bits per heavy atom. The first-order valence-electron chi connectivity index (χ1n) is 8.75. The molecular formula is C19H21F2N3O3. The van der Waals surface area contributed by atoms with Gasteiger partial charge in [-0.15, -0.1) is 6.58 Å². The number of carbonyl (C=O) groups is 1. The van der Waals surface area contributed by atoms with Gasteiger partial charge in [0.05, 0.1) is 10.9 Å². The number of hydrogen-bond donors (Lipinski definition) is 1. The number of carboxylic acid groups (broad SMARTS) is 1. The van der Waals surface area contributed by atoms with Gasteiger partial charge < -0.3 is 14.6 Å². The number of aromatic carboxylic acids is 1. The predicted octanol–water partition coefficient (Wildman–Crippen LogP) is 2.31. The van der Waals surface area contributed by atoms with E-state index in [1.165, 1.54) is 4.57 Å². The lowest BCUT2D eigenvalue weighted by atomic mass is 10.1. The summed E-state index contributed by atoms with van der Waals surface area (Å²) in [5.74, 6) is -3.12. The normalized spacial score (nSPS) is 15.3. The molecule has 0 saturated carbocycles. The van der Waals surface area contributed by atoms with E-state index in [-0.39, 0.29) is 23.1 Å². The van der Waals surface area contributed by atoms with Gasteiger partial charge in [-0.3, -0.25) is 9.69 Å². The van der Waals surface area contributed by atoms with Crippen LogP contribution in [-0.2, 0) is 6.54 Å². The van der Waals surface area contributed by atoms with Gasteiger partial charge in [-0.2, -0.15) is 0 Å². The lowest BCUT2D eigenvalue weighted by Crippen LogP contribution is -2.47. The maximum atomic E-state index is 15.3. The number of rotatable bonds is 5. The third-order valence-corrected chi connectivity index (χ3v) is 4.88. The number of aromatic nitrogens is 1. The zero-order chi connectivity index (χ0) is 19.7. The topological polar surface area (TPSA) is 65.8 Å². The first-order valence-corrected chi connectivity index (χ1v) is 8.75. The standard InChI is InChI=1S/C19H21F2N3O3/c1-3-5-22-6-8-24(9-7-22)17-14(20)10-12-16(15(17)21)23(4-2)11-13(18(12)25)19(26)27/h3,10-11H,1,4-9H2,2H3,(H,26,27). The summed E-state index contributed by atoms with van der Waals surface area (Å²) in [4.78, 5) is 27.4. The van der Waals surface area contributed by atoms with Crippen LogP contribution in [0.25, 0.3) is 10.9 Å². The van der Waals surface area contributed by atoms with Gasteiger partial charge in [0, 0.05) is 45.5 Å². The molecule has 6 nitrogen and oxygen atoms in total. The molecule has 2 aromatic rings. The molecule has 1 aromatic heterocycles. The van der Waals surface area contributed by atoms with Crippen LogP contribution in [0.5, 0.6) is 0 Å². The van der Waals surface area contributed by atoms with Crippen molar-refractivity contribution in [3.63, 3.8) is 0 Å². The molecular weight excluding hydrogens is 356 g/mol. The van der Waals surface area contributed by atoms with E-state index in [2.05, 4.69) is 11.5 Å². The van der Waals surface area contributed by atoms with Crippen molar-refractivity contribution in [1.29, 1.82) is 0 Å². The van der Waals surface area contributed by atoms with Crippen molar-refractivity contribution in [2.24, 2.45) is 0 Å². The summed E-state index contributed by atoms with van der Waals surface area (Å²) in [6, 6.07) is 0.949. The molecule has 1 aliphatic rings. The van der Waals surface area contributed by atoms with E-state index in [1.54, 1.807) is 17.9 Å². The van der Waals surface area contributed by atoms with E-state index >= 15 is 4.39 Å². The van der Waals surface area contributed by atoms with Gasteiger partial charge in [-0.05, 0) is 13.0 Å². The second-order valence-electron chi connectivity index (χ2n) is 6.46. The molecule has 1 N–H and O–H groups in total. The SMILES string of the molecule is C=CCN1CCN(c2c(F)cc3c(=O)c(C(=O)O)cn(CC)c3c2F)CC1. The number of anilines is 1. The number of hydrogen-bond acceptors (Lipinski definition) is 4. The molecule has 0 aliphatic carbocycles. The van der Waals surface area contributed by atoms with Crippen LogP contribution in [0.2, 0.25) is 0 Å². The van der Waals surface area contributed by atoms with Crippen molar-refractivity contribution in [3.8, 4) is 0 Å². The number of nitrogens with zero attached hydrogens (tertiary/aromatic N) is 3. The van der Waals surface area contributed by atoms with Crippen molar-refractivity contribution in [3.05, 3.63) is 52.3 Å². The molecule has 0 amide bonds. The van der Waals surface area contributed by atoms with Crippen molar-refractivity contribution < 1.29 is 18.7 Å². The monoisotopic (exact) mass is 377 g/mol. The first-order chi connectivity index (χ1) is 12.9. The van der Waals surface area contributed by atoms with Crippen LogP contribution in [0.1, 0.15) is 17.3 Å². The smallest absolute Gasteiger partial charge is 0.341 e. The summed E-state index contributed by atoms with van der Waals surface area (Å²) >= 11 is 0. The number of carboxylic acids is 1. The largest absolute Gasteiger partial charge is 0.477 e. The Morgan fingerprint density at radius 3 is 2.52 bits per heavy atom. The fourth-order valence-electron chi connectivity index (χ4n) is 3.50. The zero-order valence-electron chi connectivity index (χ0n) is 15.0. The van der Waals surface area contributed by atoms with Gasteiger partial charge in [0.25, 0.3) is 0 Å². The molecule has 8 heteroatoms. The summed E-state index contributed by atoms with van der Waals surface area (Å²) in [5.41, 5.74) is -1.64. The number of aryl methyl sites for hydroxylation is 1. The Morgan fingerprint density at radius 1 is 1.30 bits per heavy atom. The van der Waals surface area contributed by atoms with Gasteiger partial charge in [0.2, 0.25) is 5.43 Å². The number of halogens is 2. The van der Waals surface area contributed by atoms with Crippen LogP contribution in [0.15, 0.2) is 29.7 Å². The second kappa shape index (κ2) is 7.48. The van der Waals surface area contributed by atoms with Crippen LogP contribution in [0, 0.1) is 11.6 Å². The molecule has 0 bridgehead atoms. The second-order valence-corrected chi connectivity index (χ2v) is 6.46. The molecule has 1 aromatic carbocycles. The van der Waals surface area contributed by atoms with Crippen LogP contribution < -0.4 is 10.3 Å². The summed E-state index contributed by atoms with van der Waals surface area (Å²) in [5, 5.41) is 8.93. The minimum absolute atomic E-state index is 0.0718. The van der Waals surface area contributed by atoms with Gasteiger partial charge in [0.15, 0.2) is 5.82 Å². The minimum Gasteiger partial charge on any atom is -0.477 e. The quantitative estimate of drug-likeness (QED) is 0.810. The van der Waals surface area contributed by atoms with Crippen molar-refractivity contribution in [2.45, 2.75) is 13.5 Å². The number of fused-ring (bicyclic) bond motifs is 1. The molecule has 1 fully saturated rings. The number of benzene rings is 1. The van der Waals surface area contributed by atoms with Crippen molar-refractivity contribution >= 4 is 22.6 Å². The minimum atomic E-state index is -1.42.